The Morgan fingerprint density at radius 2 is 1.92 bits per heavy atom. The van der Waals surface area contributed by atoms with Gasteiger partial charge in [-0.15, -0.1) is 0 Å². The Balaban J connectivity index is 3.26. The molecular weight excluding hydrogens is 235 g/mol. The molecule has 0 aromatic carbocycles. The predicted octanol–water partition coefficient (Wildman–Crippen LogP) is 3.17. The second-order valence-corrected chi connectivity index (χ2v) is 3.11. The topological polar surface area (TPSA) is 12.9 Å². The molecule has 1 aromatic rings. The standard InChI is InChI=1S/C7H5BrF3N/c1-4-2-12-3-5(6(4)8)7(9,10)11/h2-3H,1H3. The zero-order chi connectivity index (χ0) is 9.35. The van der Waals surface area contributed by atoms with E-state index >= 15 is 0 Å². The van der Waals surface area contributed by atoms with Crippen molar-refractivity contribution in [3.63, 3.8) is 0 Å². The summed E-state index contributed by atoms with van der Waals surface area (Å²) in [5, 5.41) is 0. The number of aromatic nitrogens is 1. The molecule has 1 nitrogen and oxygen atoms in total. The van der Waals surface area contributed by atoms with Crippen LogP contribution in [0.4, 0.5) is 13.2 Å². The largest absolute Gasteiger partial charge is 0.418 e. The van der Waals surface area contributed by atoms with Crippen molar-refractivity contribution in [2.24, 2.45) is 0 Å². The molecule has 1 heterocycles. The summed E-state index contributed by atoms with van der Waals surface area (Å²) in [6.45, 7) is 1.56. The maximum Gasteiger partial charge on any atom is 0.418 e. The minimum atomic E-state index is -4.34. The summed E-state index contributed by atoms with van der Waals surface area (Å²) in [6, 6.07) is 0. The van der Waals surface area contributed by atoms with Crippen molar-refractivity contribution in [1.82, 2.24) is 4.98 Å². The molecule has 1 aromatic heterocycles. The van der Waals surface area contributed by atoms with E-state index in [-0.39, 0.29) is 4.47 Å². The fraction of sp³-hybridized carbons (Fsp3) is 0.286. The van der Waals surface area contributed by atoms with E-state index < -0.39 is 11.7 Å². The van der Waals surface area contributed by atoms with Crippen LogP contribution in [0.15, 0.2) is 16.9 Å². The van der Waals surface area contributed by atoms with Gasteiger partial charge in [0, 0.05) is 16.9 Å². The first-order valence-corrected chi connectivity index (χ1v) is 3.89. The van der Waals surface area contributed by atoms with E-state index in [2.05, 4.69) is 20.9 Å². The second-order valence-electron chi connectivity index (χ2n) is 2.32. The van der Waals surface area contributed by atoms with Gasteiger partial charge in [-0.1, -0.05) is 0 Å². The first-order valence-electron chi connectivity index (χ1n) is 3.10. The van der Waals surface area contributed by atoms with Crippen molar-refractivity contribution in [2.75, 3.05) is 0 Å². The average Bonchev–Trinajstić information content (AvgIpc) is 1.92. The van der Waals surface area contributed by atoms with Crippen LogP contribution in [0, 0.1) is 6.92 Å². The summed E-state index contributed by atoms with van der Waals surface area (Å²) in [6.07, 6.45) is -2.16. The molecule has 0 aliphatic carbocycles. The van der Waals surface area contributed by atoms with Crippen LogP contribution in [0.1, 0.15) is 11.1 Å². The minimum absolute atomic E-state index is 0.0602. The van der Waals surface area contributed by atoms with Gasteiger partial charge in [-0.05, 0) is 28.4 Å². The molecule has 0 N–H and O–H groups in total. The minimum Gasteiger partial charge on any atom is -0.264 e. The zero-order valence-electron chi connectivity index (χ0n) is 6.11. The summed E-state index contributed by atoms with van der Waals surface area (Å²) < 4.78 is 36.5. The molecule has 1 rings (SSSR count). The molecule has 5 heteroatoms. The van der Waals surface area contributed by atoms with E-state index in [1.54, 1.807) is 6.92 Å². The smallest absolute Gasteiger partial charge is 0.264 e. The lowest BCUT2D eigenvalue weighted by Gasteiger charge is -2.09. The third-order valence-electron chi connectivity index (χ3n) is 1.36. The molecule has 0 radical (unpaired) electrons. The van der Waals surface area contributed by atoms with Crippen LogP contribution < -0.4 is 0 Å². The Morgan fingerprint density at radius 1 is 1.33 bits per heavy atom. The van der Waals surface area contributed by atoms with E-state index in [0.717, 1.165) is 6.20 Å². The number of hydrogen-bond acceptors (Lipinski definition) is 1. The van der Waals surface area contributed by atoms with Crippen molar-refractivity contribution in [2.45, 2.75) is 13.1 Å². The number of pyridine rings is 1. The highest BCUT2D eigenvalue weighted by atomic mass is 79.9. The molecule has 0 bridgehead atoms. The third-order valence-corrected chi connectivity index (χ3v) is 2.41. The Morgan fingerprint density at radius 3 is 2.33 bits per heavy atom. The molecule has 0 aliphatic rings. The van der Waals surface area contributed by atoms with Crippen molar-refractivity contribution >= 4 is 15.9 Å². The van der Waals surface area contributed by atoms with Gasteiger partial charge in [-0.25, -0.2) is 0 Å². The van der Waals surface area contributed by atoms with Gasteiger partial charge in [0.25, 0.3) is 0 Å². The maximum absolute atomic E-state index is 12.2. The molecule has 0 unspecified atom stereocenters. The Labute approximate surface area is 75.7 Å². The molecule has 0 amide bonds. The highest BCUT2D eigenvalue weighted by Gasteiger charge is 2.33. The van der Waals surface area contributed by atoms with Gasteiger partial charge in [0.05, 0.1) is 5.56 Å². The molecule has 0 fully saturated rings. The molecule has 66 valence electrons. The summed E-state index contributed by atoms with van der Waals surface area (Å²) in [5.74, 6) is 0. The van der Waals surface area contributed by atoms with E-state index in [9.17, 15) is 13.2 Å². The molecule has 0 saturated heterocycles. The maximum atomic E-state index is 12.2. The van der Waals surface area contributed by atoms with Crippen LogP contribution >= 0.6 is 15.9 Å². The summed E-state index contributed by atoms with van der Waals surface area (Å²) >= 11 is 2.86. The molecule has 0 saturated carbocycles. The monoisotopic (exact) mass is 239 g/mol. The first kappa shape index (κ1) is 9.51. The quantitative estimate of drug-likeness (QED) is 0.678. The fourth-order valence-corrected chi connectivity index (χ4v) is 1.18. The van der Waals surface area contributed by atoms with Crippen LogP contribution in [0.2, 0.25) is 0 Å². The lowest BCUT2D eigenvalue weighted by atomic mass is 10.2. The van der Waals surface area contributed by atoms with Gasteiger partial charge in [0.15, 0.2) is 0 Å². The number of nitrogens with zero attached hydrogens (tertiary/aromatic N) is 1. The summed E-state index contributed by atoms with van der Waals surface area (Å²) in [7, 11) is 0. The number of halogens is 4. The summed E-state index contributed by atoms with van der Waals surface area (Å²) in [5.41, 5.74) is -0.257. The first-order chi connectivity index (χ1) is 5.43. The third kappa shape index (κ3) is 1.77. The van der Waals surface area contributed by atoms with Gasteiger partial charge in [-0.3, -0.25) is 4.98 Å². The van der Waals surface area contributed by atoms with Crippen molar-refractivity contribution in [3.8, 4) is 0 Å². The molecular formula is C7H5BrF3N. The fourth-order valence-electron chi connectivity index (χ4n) is 0.747. The van der Waals surface area contributed by atoms with Crippen molar-refractivity contribution in [1.29, 1.82) is 0 Å². The predicted molar refractivity (Wildman–Crippen MR) is 41.7 cm³/mol. The number of aryl methyl sites for hydroxylation is 1. The Kier molecular flexibility index (Phi) is 2.41. The van der Waals surface area contributed by atoms with Crippen LogP contribution in [0.25, 0.3) is 0 Å². The normalized spacial score (nSPS) is 11.8. The van der Waals surface area contributed by atoms with Crippen LogP contribution in [-0.4, -0.2) is 4.98 Å². The summed E-state index contributed by atoms with van der Waals surface area (Å²) in [4.78, 5) is 3.46. The number of rotatable bonds is 0. The van der Waals surface area contributed by atoms with Gasteiger partial charge < -0.3 is 0 Å². The van der Waals surface area contributed by atoms with Gasteiger partial charge in [0.1, 0.15) is 0 Å². The molecule has 0 spiro atoms. The number of hydrogen-bond donors (Lipinski definition) is 0. The van der Waals surface area contributed by atoms with Gasteiger partial charge in [0.2, 0.25) is 0 Å². The molecule has 0 aliphatic heterocycles. The highest BCUT2D eigenvalue weighted by Crippen LogP contribution is 2.35. The Hall–Kier alpha value is -0.580. The molecule has 0 atom stereocenters. The van der Waals surface area contributed by atoms with Crippen LogP contribution in [0.5, 0.6) is 0 Å². The lowest BCUT2D eigenvalue weighted by molar-refractivity contribution is -0.138. The van der Waals surface area contributed by atoms with E-state index in [4.69, 9.17) is 0 Å². The van der Waals surface area contributed by atoms with Crippen molar-refractivity contribution < 1.29 is 13.2 Å². The molecule has 12 heavy (non-hydrogen) atoms. The van der Waals surface area contributed by atoms with Gasteiger partial charge >= 0.3 is 6.18 Å². The van der Waals surface area contributed by atoms with E-state index in [1.807, 2.05) is 0 Å². The SMILES string of the molecule is Cc1cncc(C(F)(F)F)c1Br. The number of alkyl halides is 3. The van der Waals surface area contributed by atoms with Gasteiger partial charge in [-0.2, -0.15) is 13.2 Å². The zero-order valence-corrected chi connectivity index (χ0v) is 7.70. The van der Waals surface area contributed by atoms with Crippen molar-refractivity contribution in [3.05, 3.63) is 28.0 Å². The lowest BCUT2D eigenvalue weighted by Crippen LogP contribution is -2.07. The van der Waals surface area contributed by atoms with Crippen LogP contribution in [-0.2, 0) is 6.18 Å². The Bertz CT molecular complexity index is 295. The van der Waals surface area contributed by atoms with E-state index in [1.165, 1.54) is 6.20 Å². The highest BCUT2D eigenvalue weighted by molar-refractivity contribution is 9.10. The second kappa shape index (κ2) is 3.05. The van der Waals surface area contributed by atoms with E-state index in [0.29, 0.717) is 5.56 Å². The average molecular weight is 240 g/mol. The van der Waals surface area contributed by atoms with Crippen LogP contribution in [0.3, 0.4) is 0 Å².